The first-order chi connectivity index (χ1) is 16.0. The summed E-state index contributed by atoms with van der Waals surface area (Å²) in [6.07, 6.45) is 3.10. The van der Waals surface area contributed by atoms with Crippen molar-refractivity contribution < 1.29 is 9.53 Å². The lowest BCUT2D eigenvalue weighted by Gasteiger charge is -2.09. The quantitative estimate of drug-likeness (QED) is 0.422. The predicted molar refractivity (Wildman–Crippen MR) is 124 cm³/mol. The van der Waals surface area contributed by atoms with Crippen LogP contribution in [0.4, 0.5) is 5.82 Å². The number of ether oxygens (including phenoxy) is 1. The number of hydrogen-bond donors (Lipinski definition) is 1. The zero-order valence-corrected chi connectivity index (χ0v) is 18.5. The molecule has 164 valence electrons. The number of anilines is 1. The van der Waals surface area contributed by atoms with Gasteiger partial charge in [0.05, 0.1) is 30.1 Å². The summed E-state index contributed by atoms with van der Waals surface area (Å²) in [4.78, 5) is 21.7. The second kappa shape index (κ2) is 8.36. The van der Waals surface area contributed by atoms with E-state index in [0.29, 0.717) is 44.7 Å². The molecule has 1 N–H and O–H groups in total. The Morgan fingerprint density at radius 1 is 1.06 bits per heavy atom. The van der Waals surface area contributed by atoms with Crippen LogP contribution in [0.1, 0.15) is 16.1 Å². The number of hydrogen-bond acceptors (Lipinski definition) is 6. The van der Waals surface area contributed by atoms with E-state index in [-0.39, 0.29) is 5.91 Å². The number of nitrogens with zero attached hydrogens (tertiary/aromatic N) is 6. The number of methoxy groups -OCH3 is 1. The highest BCUT2D eigenvalue weighted by Gasteiger charge is 2.18. The van der Waals surface area contributed by atoms with Crippen LogP contribution in [0.3, 0.4) is 0 Å². The monoisotopic (exact) mass is 459 g/mol. The molecule has 1 amide bonds. The van der Waals surface area contributed by atoms with E-state index in [1.807, 2.05) is 19.1 Å². The lowest BCUT2D eigenvalue weighted by molar-refractivity contribution is 0.102. The van der Waals surface area contributed by atoms with Crippen molar-refractivity contribution in [3.8, 4) is 17.3 Å². The van der Waals surface area contributed by atoms with E-state index >= 15 is 0 Å². The average Bonchev–Trinajstić information content (AvgIpc) is 3.42. The molecule has 0 saturated heterocycles. The fourth-order valence-corrected chi connectivity index (χ4v) is 3.66. The van der Waals surface area contributed by atoms with Crippen LogP contribution in [-0.2, 0) is 0 Å². The van der Waals surface area contributed by atoms with E-state index in [1.54, 1.807) is 65.1 Å². The number of amides is 1. The smallest absolute Gasteiger partial charge is 0.256 e. The molecule has 0 atom stereocenters. The molecule has 0 spiro atoms. The minimum absolute atomic E-state index is 0.279. The molecule has 2 aromatic carbocycles. The van der Waals surface area contributed by atoms with Crippen LogP contribution >= 0.6 is 11.6 Å². The topological polar surface area (TPSA) is 99.8 Å². The molecule has 0 aliphatic heterocycles. The van der Waals surface area contributed by atoms with E-state index in [2.05, 4.69) is 25.5 Å². The molecule has 10 heteroatoms. The molecule has 0 saturated carbocycles. The Morgan fingerprint density at radius 2 is 1.88 bits per heavy atom. The van der Waals surface area contributed by atoms with E-state index < -0.39 is 0 Å². The van der Waals surface area contributed by atoms with Crippen LogP contribution in [0, 0.1) is 6.92 Å². The highest BCUT2D eigenvalue weighted by atomic mass is 35.5. The maximum Gasteiger partial charge on any atom is 0.256 e. The Bertz CT molecular complexity index is 1470. The lowest BCUT2D eigenvalue weighted by Crippen LogP contribution is -2.15. The predicted octanol–water partition coefficient (Wildman–Crippen LogP) is 4.22. The van der Waals surface area contributed by atoms with Gasteiger partial charge in [-0.25, -0.2) is 14.6 Å². The summed E-state index contributed by atoms with van der Waals surface area (Å²) in [5.74, 6) is 1.36. The largest absolute Gasteiger partial charge is 0.497 e. The normalized spacial score (nSPS) is 11.0. The Hall–Kier alpha value is -4.24. The number of carbonyl (C=O) groups excluding carboxylic acids is 1. The fourth-order valence-electron chi connectivity index (χ4n) is 3.48. The van der Waals surface area contributed by atoms with Gasteiger partial charge in [-0.05, 0) is 49.4 Å². The molecule has 5 aromatic rings. The first kappa shape index (κ1) is 20.7. The third-order valence-corrected chi connectivity index (χ3v) is 5.26. The van der Waals surface area contributed by atoms with E-state index in [9.17, 15) is 4.79 Å². The zero-order chi connectivity index (χ0) is 22.9. The molecule has 0 aliphatic rings. The van der Waals surface area contributed by atoms with Gasteiger partial charge in [-0.1, -0.05) is 17.7 Å². The maximum atomic E-state index is 12.8. The molecule has 0 bridgehead atoms. The van der Waals surface area contributed by atoms with Crippen molar-refractivity contribution in [3.63, 3.8) is 0 Å². The van der Waals surface area contributed by atoms with Crippen LogP contribution in [0.5, 0.6) is 5.75 Å². The Kier molecular flexibility index (Phi) is 5.23. The minimum atomic E-state index is -0.279. The molecular formula is C23H18ClN7O2. The highest BCUT2D eigenvalue weighted by Crippen LogP contribution is 2.25. The maximum absolute atomic E-state index is 12.8. The molecule has 3 heterocycles. The van der Waals surface area contributed by atoms with Gasteiger partial charge in [0.1, 0.15) is 17.9 Å². The summed E-state index contributed by atoms with van der Waals surface area (Å²) >= 11 is 6.14. The number of benzene rings is 2. The molecule has 5 rings (SSSR count). The molecule has 3 aromatic heterocycles. The second-order valence-corrected chi connectivity index (χ2v) is 7.67. The average molecular weight is 460 g/mol. The van der Waals surface area contributed by atoms with Crippen LogP contribution in [0.2, 0.25) is 5.02 Å². The molecule has 0 radical (unpaired) electrons. The molecule has 9 nitrogen and oxygen atoms in total. The molecule has 0 fully saturated rings. The summed E-state index contributed by atoms with van der Waals surface area (Å²) in [7, 11) is 1.58. The zero-order valence-electron chi connectivity index (χ0n) is 17.7. The van der Waals surface area contributed by atoms with Crippen LogP contribution in [0.15, 0.2) is 67.1 Å². The van der Waals surface area contributed by atoms with Gasteiger partial charge in [0, 0.05) is 16.7 Å². The minimum Gasteiger partial charge on any atom is -0.497 e. The molecule has 33 heavy (non-hydrogen) atoms. The van der Waals surface area contributed by atoms with Crippen LogP contribution in [-0.4, -0.2) is 42.5 Å². The number of halogens is 1. The van der Waals surface area contributed by atoms with Gasteiger partial charge in [0.2, 0.25) is 0 Å². The number of aryl methyl sites for hydroxylation is 1. The number of carbonyl (C=O) groups is 1. The van der Waals surface area contributed by atoms with Crippen LogP contribution < -0.4 is 10.1 Å². The number of nitrogens with one attached hydrogen (secondary N) is 1. The van der Waals surface area contributed by atoms with Crippen molar-refractivity contribution in [3.05, 3.63) is 83.4 Å². The summed E-state index contributed by atoms with van der Waals surface area (Å²) in [5, 5.41) is 13.2. The molecule has 0 unspecified atom stereocenters. The summed E-state index contributed by atoms with van der Waals surface area (Å²) in [6, 6.07) is 16.0. The highest BCUT2D eigenvalue weighted by molar-refractivity contribution is 6.30. The molecule has 0 aliphatic carbocycles. The van der Waals surface area contributed by atoms with E-state index in [0.717, 1.165) is 5.69 Å². The Morgan fingerprint density at radius 3 is 2.64 bits per heavy atom. The van der Waals surface area contributed by atoms with Crippen LogP contribution in [0.25, 0.3) is 22.5 Å². The van der Waals surface area contributed by atoms with E-state index in [4.69, 9.17) is 16.3 Å². The standard InChI is InChI=1S/C23H18ClN7O2/c1-14-10-20(28-23(32)15-6-8-18(33-2)9-7-15)31(29-14)22-19-12-27-30(21(19)25-13-26-22)17-5-3-4-16(24)11-17/h3-13H,1-2H3,(H,28,32). The van der Waals surface area contributed by atoms with Crippen molar-refractivity contribution in [2.24, 2.45) is 0 Å². The van der Waals surface area contributed by atoms with Gasteiger partial charge >= 0.3 is 0 Å². The Labute approximate surface area is 193 Å². The number of rotatable bonds is 5. The number of aromatic nitrogens is 6. The van der Waals surface area contributed by atoms with Gasteiger partial charge < -0.3 is 10.1 Å². The lowest BCUT2D eigenvalue weighted by atomic mass is 10.2. The fraction of sp³-hybridized carbons (Fsp3) is 0.0870. The first-order valence-corrected chi connectivity index (χ1v) is 10.4. The summed E-state index contributed by atoms with van der Waals surface area (Å²) < 4.78 is 8.41. The SMILES string of the molecule is COc1ccc(C(=O)Nc2cc(C)nn2-c2ncnc3c2cnn3-c2cccc(Cl)c2)cc1. The summed E-state index contributed by atoms with van der Waals surface area (Å²) in [6.45, 7) is 1.84. The second-order valence-electron chi connectivity index (χ2n) is 7.24. The van der Waals surface area contributed by atoms with Crippen molar-refractivity contribution in [1.82, 2.24) is 29.5 Å². The van der Waals surface area contributed by atoms with Gasteiger partial charge in [-0.2, -0.15) is 14.9 Å². The van der Waals surface area contributed by atoms with Crippen molar-refractivity contribution in [1.29, 1.82) is 0 Å². The first-order valence-electron chi connectivity index (χ1n) is 10.0. The van der Waals surface area contributed by atoms with Gasteiger partial charge in [0.25, 0.3) is 5.91 Å². The summed E-state index contributed by atoms with van der Waals surface area (Å²) in [5.41, 5.74) is 2.56. The third-order valence-electron chi connectivity index (χ3n) is 5.02. The van der Waals surface area contributed by atoms with Crippen molar-refractivity contribution in [2.45, 2.75) is 6.92 Å². The van der Waals surface area contributed by atoms with Crippen molar-refractivity contribution in [2.75, 3.05) is 12.4 Å². The Balaban J connectivity index is 1.54. The number of fused-ring (bicyclic) bond motifs is 1. The van der Waals surface area contributed by atoms with E-state index in [1.165, 1.54) is 6.33 Å². The molecular weight excluding hydrogens is 442 g/mol. The van der Waals surface area contributed by atoms with Gasteiger partial charge in [-0.3, -0.25) is 4.79 Å². The van der Waals surface area contributed by atoms with Crippen molar-refractivity contribution >= 4 is 34.4 Å². The van der Waals surface area contributed by atoms with Gasteiger partial charge in [0.15, 0.2) is 11.5 Å². The van der Waals surface area contributed by atoms with Gasteiger partial charge in [-0.15, -0.1) is 0 Å². The third kappa shape index (κ3) is 3.90.